The molecule has 5 atom stereocenters. The minimum Gasteiger partial charge on any atom is -0.508 e. The fourth-order valence-corrected chi connectivity index (χ4v) is 11.1. The average Bonchev–Trinajstić information content (AvgIpc) is 3.80. The summed E-state index contributed by atoms with van der Waals surface area (Å²) in [6, 6.07) is 61.8. The van der Waals surface area contributed by atoms with Gasteiger partial charge in [0.1, 0.15) is 24.1 Å². The Labute approximate surface area is 357 Å². The van der Waals surface area contributed by atoms with Gasteiger partial charge in [-0.05, 0) is 87.8 Å². The van der Waals surface area contributed by atoms with Crippen molar-refractivity contribution in [3.63, 3.8) is 0 Å². The van der Waals surface area contributed by atoms with Crippen LogP contribution in [-0.2, 0) is 6.54 Å². The molecule has 0 radical (unpaired) electrons. The van der Waals surface area contributed by atoms with Crippen LogP contribution in [-0.4, -0.2) is 33.2 Å². The lowest BCUT2D eigenvalue weighted by atomic mass is 9.88. The van der Waals surface area contributed by atoms with Gasteiger partial charge in [-0.2, -0.15) is 0 Å². The fraction of sp³-hybridized carbons (Fsp3) is 0.182. The van der Waals surface area contributed by atoms with Crippen LogP contribution in [0.2, 0.25) is 5.02 Å². The summed E-state index contributed by atoms with van der Waals surface area (Å²) < 4.78 is 8.68. The highest BCUT2D eigenvalue weighted by molar-refractivity contribution is 6.34. The van der Waals surface area contributed by atoms with E-state index in [9.17, 15) is 5.11 Å². The molecule has 2 aliphatic rings. The summed E-state index contributed by atoms with van der Waals surface area (Å²) in [7, 11) is 0. The third kappa shape index (κ3) is 6.94. The van der Waals surface area contributed by atoms with Crippen molar-refractivity contribution < 1.29 is 14.3 Å². The molecule has 10 rings (SSSR count). The Hall–Kier alpha value is -6.20. The van der Waals surface area contributed by atoms with Crippen LogP contribution in [0.4, 0.5) is 0 Å². The van der Waals surface area contributed by atoms with E-state index in [1.165, 1.54) is 34.2 Å². The molecule has 60 heavy (non-hydrogen) atoms. The van der Waals surface area contributed by atoms with E-state index >= 15 is 0 Å². The molecule has 2 bridgehead atoms. The summed E-state index contributed by atoms with van der Waals surface area (Å²) in [4.78, 5) is 4.79. The molecule has 2 aliphatic heterocycles. The van der Waals surface area contributed by atoms with Gasteiger partial charge in [0.25, 0.3) is 0 Å². The molecule has 0 aliphatic carbocycles. The molecule has 2 saturated heterocycles. The molecule has 0 saturated carbocycles. The van der Waals surface area contributed by atoms with Gasteiger partial charge in [-0.15, -0.1) is 0 Å². The summed E-state index contributed by atoms with van der Waals surface area (Å²) in [6.07, 6.45) is 4.80. The lowest BCUT2D eigenvalue weighted by Crippen LogP contribution is -2.57. The van der Waals surface area contributed by atoms with Crippen LogP contribution in [0.15, 0.2) is 182 Å². The number of nitrogens with zero attached hydrogens (tertiary/aromatic N) is 2. The van der Waals surface area contributed by atoms with Crippen LogP contribution in [0.1, 0.15) is 43.4 Å². The van der Waals surface area contributed by atoms with Gasteiger partial charge in [-0.3, -0.25) is 4.98 Å². The number of hydrogen-bond donors (Lipinski definition) is 1. The number of piperidine rings is 1. The molecule has 3 heterocycles. The van der Waals surface area contributed by atoms with Crippen LogP contribution in [0, 0.1) is 5.92 Å². The van der Waals surface area contributed by atoms with Crippen LogP contribution in [0.3, 0.4) is 0 Å². The van der Waals surface area contributed by atoms with Crippen molar-refractivity contribution >= 4 is 22.5 Å². The van der Waals surface area contributed by atoms with Gasteiger partial charge in [0.15, 0.2) is 6.10 Å². The number of hydrogen-bond acceptors (Lipinski definition) is 3. The third-order valence-electron chi connectivity index (χ3n) is 13.4. The van der Waals surface area contributed by atoms with Crippen molar-refractivity contribution in [2.75, 3.05) is 6.54 Å². The Morgan fingerprint density at radius 1 is 0.683 bits per heavy atom. The van der Waals surface area contributed by atoms with Gasteiger partial charge in [0.05, 0.1) is 23.1 Å². The zero-order valence-corrected chi connectivity index (χ0v) is 34.5. The SMILES string of the molecule is CCC1C2CC[N+]1(Cc1cc(-c3ccccc3)ccc1-c1ccccc1)C(C(Oc1cc(-c3ccccc3)cc(Cl)c1-c1ccccc1)c1ccnc3ccc(O)cc13)C2. The molecule has 5 heteroatoms. The van der Waals surface area contributed by atoms with Gasteiger partial charge < -0.3 is 14.3 Å². The number of phenolic OH excluding ortho intramolecular Hbond substituents is 1. The first-order valence-electron chi connectivity index (χ1n) is 21.3. The molecule has 1 N–H and O–H groups in total. The van der Waals surface area contributed by atoms with Gasteiger partial charge in [0, 0.05) is 47.0 Å². The molecular formula is C55H48ClN2O2+. The number of ether oxygens (including phenoxy) is 1. The molecule has 296 valence electrons. The number of benzene rings is 7. The zero-order valence-electron chi connectivity index (χ0n) is 33.8. The smallest absolute Gasteiger partial charge is 0.176 e. The van der Waals surface area contributed by atoms with Crippen LogP contribution in [0.5, 0.6) is 11.5 Å². The van der Waals surface area contributed by atoms with Crippen molar-refractivity contribution in [3.8, 4) is 56.0 Å². The Morgan fingerprint density at radius 2 is 1.33 bits per heavy atom. The quantitative estimate of drug-likeness (QED) is 0.132. The van der Waals surface area contributed by atoms with Gasteiger partial charge in [-0.25, -0.2) is 0 Å². The van der Waals surface area contributed by atoms with Crippen LogP contribution in [0.25, 0.3) is 55.4 Å². The second-order valence-corrected chi connectivity index (χ2v) is 17.0. The average molecular weight is 804 g/mol. The first kappa shape index (κ1) is 38.0. The summed E-state index contributed by atoms with van der Waals surface area (Å²) in [6.45, 7) is 4.31. The van der Waals surface area contributed by atoms with E-state index in [-0.39, 0.29) is 11.8 Å². The summed E-state index contributed by atoms with van der Waals surface area (Å²) in [5.74, 6) is 1.51. The molecule has 0 amide bonds. The number of pyridine rings is 1. The first-order chi connectivity index (χ1) is 29.5. The number of rotatable bonds is 11. The van der Waals surface area contributed by atoms with Crippen molar-refractivity contribution in [2.24, 2.45) is 5.92 Å². The third-order valence-corrected chi connectivity index (χ3v) is 13.7. The number of aromatic hydroxyl groups is 1. The van der Waals surface area contributed by atoms with E-state index in [1.807, 2.05) is 30.5 Å². The maximum atomic E-state index is 11.0. The highest BCUT2D eigenvalue weighted by Crippen LogP contribution is 2.55. The normalized spacial score (nSPS) is 20.0. The Kier molecular flexibility index (Phi) is 10.2. The van der Waals surface area contributed by atoms with E-state index in [1.54, 1.807) is 6.07 Å². The van der Waals surface area contributed by atoms with E-state index in [4.69, 9.17) is 21.3 Å². The minimum absolute atomic E-state index is 0.0911. The monoisotopic (exact) mass is 803 g/mol. The topological polar surface area (TPSA) is 42.4 Å². The van der Waals surface area contributed by atoms with E-state index in [2.05, 4.69) is 153 Å². The molecule has 7 aromatic carbocycles. The maximum absolute atomic E-state index is 11.0. The Balaban J connectivity index is 1.18. The van der Waals surface area contributed by atoms with E-state index in [0.717, 1.165) is 74.9 Å². The van der Waals surface area contributed by atoms with Gasteiger partial charge in [-0.1, -0.05) is 152 Å². The van der Waals surface area contributed by atoms with Gasteiger partial charge >= 0.3 is 0 Å². The van der Waals surface area contributed by atoms with Crippen LogP contribution >= 0.6 is 11.6 Å². The molecule has 1 aromatic heterocycles. The summed E-state index contributed by atoms with van der Waals surface area (Å²) >= 11 is 7.38. The van der Waals surface area contributed by atoms with Crippen molar-refractivity contribution in [1.82, 2.24) is 4.98 Å². The Bertz CT molecular complexity index is 2780. The first-order valence-corrected chi connectivity index (χ1v) is 21.7. The fourth-order valence-electron chi connectivity index (χ4n) is 10.8. The summed E-state index contributed by atoms with van der Waals surface area (Å²) in [5.41, 5.74) is 12.1. The highest BCUT2D eigenvalue weighted by Gasteiger charge is 2.62. The van der Waals surface area contributed by atoms with Crippen molar-refractivity contribution in [3.05, 3.63) is 198 Å². The van der Waals surface area contributed by atoms with E-state index in [0.29, 0.717) is 17.0 Å². The lowest BCUT2D eigenvalue weighted by Gasteiger charge is -2.46. The lowest BCUT2D eigenvalue weighted by molar-refractivity contribution is -0.969. The largest absolute Gasteiger partial charge is 0.508 e. The van der Waals surface area contributed by atoms with Crippen LogP contribution < -0.4 is 4.74 Å². The molecule has 8 aromatic rings. The number of phenols is 1. The van der Waals surface area contributed by atoms with Gasteiger partial charge in [0.2, 0.25) is 0 Å². The zero-order chi connectivity index (χ0) is 40.6. The maximum Gasteiger partial charge on any atom is 0.176 e. The number of fused-ring (bicyclic) bond motifs is 3. The second kappa shape index (κ2) is 16.1. The molecule has 2 fully saturated rings. The van der Waals surface area contributed by atoms with Crippen molar-refractivity contribution in [2.45, 2.75) is 50.9 Å². The molecular weight excluding hydrogens is 756 g/mol. The number of halogens is 1. The molecule has 0 spiro atoms. The predicted octanol–water partition coefficient (Wildman–Crippen LogP) is 14.0. The number of aromatic nitrogens is 1. The molecule has 4 nitrogen and oxygen atoms in total. The predicted molar refractivity (Wildman–Crippen MR) is 246 cm³/mol. The summed E-state index contributed by atoms with van der Waals surface area (Å²) in [5, 5.41) is 12.5. The number of quaternary nitrogens is 1. The second-order valence-electron chi connectivity index (χ2n) is 16.6. The minimum atomic E-state index is -0.390. The molecule has 5 unspecified atom stereocenters. The van der Waals surface area contributed by atoms with E-state index < -0.39 is 6.10 Å². The van der Waals surface area contributed by atoms with Crippen molar-refractivity contribution in [1.29, 1.82) is 0 Å². The Morgan fingerprint density at radius 3 is 2.02 bits per heavy atom. The highest BCUT2D eigenvalue weighted by atomic mass is 35.5. The standard InChI is InChI=1S/C55H47ClN2O2/c1-2-51-42-28-30-58(51,36-44-31-41(37-15-7-3-8-16-37)23-25-46(44)39-19-11-5-12-20-39)52(33-42)55(47-27-29-57-50-26-24-45(59)35-48(47)50)60-53-34-43(38-17-9-4-10-18-38)32-49(56)54(53)40-21-13-6-14-22-40/h3-27,29,31-32,34-35,42,51-52,55H,2,28,30,33,36H2,1H3/p+1.